The van der Waals surface area contributed by atoms with Crippen molar-refractivity contribution in [3.05, 3.63) is 119 Å². The van der Waals surface area contributed by atoms with E-state index in [-0.39, 0.29) is 135 Å². The number of phenolic OH excluding ortho intramolecular Hbond substituents is 1. The molecule has 1 aliphatic heterocycles. The van der Waals surface area contributed by atoms with Gasteiger partial charge in [-0.1, -0.05) is 56.0 Å². The predicted molar refractivity (Wildman–Crippen MR) is 415 cm³/mol. The number of thioether (sulfide) groups is 1. The van der Waals surface area contributed by atoms with Gasteiger partial charge in [0.05, 0.1) is 69.7 Å². The third kappa shape index (κ3) is 55.3. The largest absolute Gasteiger partial charge is 0.508 e. The number of aromatic hydroxyl groups is 1. The van der Waals surface area contributed by atoms with E-state index in [2.05, 4.69) is 14.9 Å². The third-order valence-corrected chi connectivity index (χ3v) is 18.0. The first-order valence-corrected chi connectivity index (χ1v) is 42.2. The number of aldehydes is 2. The number of hydrogen-bond donors (Lipinski definition) is 5. The molecule has 5 aliphatic carbocycles. The lowest BCUT2D eigenvalue weighted by molar-refractivity contribution is -0.0514. The first-order chi connectivity index (χ1) is 51.2. The van der Waals surface area contributed by atoms with E-state index in [0.29, 0.717) is 137 Å². The molecule has 1 heterocycles. The minimum absolute atomic E-state index is 0. The maximum absolute atomic E-state index is 13.1. The van der Waals surface area contributed by atoms with Crippen LogP contribution in [0.4, 0.5) is 43.9 Å². The molecule has 2 unspecified atom stereocenters. The van der Waals surface area contributed by atoms with Crippen molar-refractivity contribution in [1.29, 1.82) is 10.5 Å². The highest BCUT2D eigenvalue weighted by Gasteiger charge is 2.39. The van der Waals surface area contributed by atoms with Gasteiger partial charge in [-0.15, -0.1) is 0 Å². The highest BCUT2D eigenvalue weighted by Crippen LogP contribution is 2.41. The van der Waals surface area contributed by atoms with Crippen molar-refractivity contribution in [1.82, 2.24) is 0 Å². The molecule has 6 N–H and O–H groups in total. The molecule has 3 radical (unpaired) electrons. The van der Waals surface area contributed by atoms with Crippen LogP contribution in [0.15, 0.2) is 97.1 Å². The number of alkyl halides is 10. The summed E-state index contributed by atoms with van der Waals surface area (Å²) in [6.45, 7) is 5.26. The average molecular weight is 1670 g/mol. The van der Waals surface area contributed by atoms with Crippen LogP contribution < -0.4 is 19.9 Å². The molecular weight excluding hydrogens is 1550 g/mol. The Morgan fingerprint density at radius 1 is 0.559 bits per heavy atom. The molecule has 629 valence electrons. The molecule has 0 amide bonds. The number of nitrogens with zero attached hydrogens (tertiary/aromatic N) is 2. The second-order valence-corrected chi connectivity index (χ2v) is 32.8. The number of aliphatic hydroxyl groups is 3. The number of carbonyl (C=O) groups excluding carboxylic acids is 2. The summed E-state index contributed by atoms with van der Waals surface area (Å²) >= 11 is 1.75. The third-order valence-electron chi connectivity index (χ3n) is 17.5. The van der Waals surface area contributed by atoms with E-state index in [1.54, 1.807) is 84.6 Å². The molecule has 5 saturated carbocycles. The molecule has 33 heteroatoms. The van der Waals surface area contributed by atoms with Crippen LogP contribution in [-0.4, -0.2) is 166 Å². The Balaban J connectivity index is 0. The molecule has 1 saturated heterocycles. The number of aliphatic hydroxyl groups excluding tert-OH is 3. The van der Waals surface area contributed by atoms with Crippen LogP contribution in [0.25, 0.3) is 0 Å². The van der Waals surface area contributed by atoms with Crippen molar-refractivity contribution in [2.45, 2.75) is 210 Å². The van der Waals surface area contributed by atoms with Gasteiger partial charge in [-0.05, 0) is 192 Å². The van der Waals surface area contributed by atoms with Crippen LogP contribution in [0.3, 0.4) is 0 Å². The predicted octanol–water partition coefficient (Wildman–Crippen LogP) is 18.4. The van der Waals surface area contributed by atoms with Gasteiger partial charge in [-0.2, -0.15) is 30.7 Å². The number of carbonyl (C=O) groups is 2. The van der Waals surface area contributed by atoms with Gasteiger partial charge in [0, 0.05) is 121 Å². The van der Waals surface area contributed by atoms with E-state index in [9.17, 15) is 80.5 Å². The number of nitriles is 2. The zero-order valence-electron chi connectivity index (χ0n) is 63.3. The van der Waals surface area contributed by atoms with Gasteiger partial charge >= 0.3 is 0 Å². The Morgan fingerprint density at radius 3 is 1.14 bits per heavy atom. The molecule has 4 aromatic rings. The molecule has 18 nitrogen and oxygen atoms in total. The van der Waals surface area contributed by atoms with Gasteiger partial charge in [-0.3, -0.25) is 13.8 Å². The molecule has 0 spiro atoms. The summed E-state index contributed by atoms with van der Waals surface area (Å²) in [6, 6.07) is 30.9. The van der Waals surface area contributed by atoms with Crippen molar-refractivity contribution in [2.24, 2.45) is 35.3 Å². The number of phenols is 1. The van der Waals surface area contributed by atoms with Gasteiger partial charge in [0.1, 0.15) is 35.6 Å². The number of rotatable bonds is 20. The van der Waals surface area contributed by atoms with Gasteiger partial charge in [0.2, 0.25) is 38.7 Å². The Bertz CT molecular complexity index is 3430. The Morgan fingerprint density at radius 2 is 0.856 bits per heavy atom. The Kier molecular flexibility index (Phi) is 55.2. The van der Waals surface area contributed by atoms with Crippen LogP contribution in [0.5, 0.6) is 23.0 Å². The van der Waals surface area contributed by atoms with Crippen LogP contribution in [0.2, 0.25) is 0 Å². The number of benzene rings is 4. The molecule has 0 aromatic heterocycles. The van der Waals surface area contributed by atoms with Crippen LogP contribution in [-0.2, 0) is 28.1 Å². The molecule has 2 atom stereocenters. The van der Waals surface area contributed by atoms with E-state index >= 15 is 0 Å². The van der Waals surface area contributed by atoms with E-state index < -0.39 is 61.0 Å². The van der Waals surface area contributed by atoms with Crippen molar-refractivity contribution < 1.29 is 114 Å². The summed E-state index contributed by atoms with van der Waals surface area (Å²) in [5.41, 5.74) is 7.88. The summed E-state index contributed by atoms with van der Waals surface area (Å²) in [6.07, 6.45) is 12.9. The highest BCUT2D eigenvalue weighted by atomic mass is 35.7. The second kappa shape index (κ2) is 57.2. The fourth-order valence-corrected chi connectivity index (χ4v) is 11.6. The fourth-order valence-electron chi connectivity index (χ4n) is 11.1. The number of halogens is 11. The lowest BCUT2D eigenvalue weighted by Crippen LogP contribution is -2.27. The van der Waals surface area contributed by atoms with Crippen LogP contribution in [0.1, 0.15) is 213 Å². The monoisotopic (exact) mass is 1660 g/mol. The van der Waals surface area contributed by atoms with E-state index in [4.69, 9.17) is 45.4 Å². The maximum atomic E-state index is 13.1. The van der Waals surface area contributed by atoms with Gasteiger partial charge in [0.15, 0.2) is 0 Å². The standard InChI is InChI=1S/C16H23F2NO2.C16H19F2NO2.C14H16F2O2.C8H14F2O3S.C7H12F2O.C7H6O2.C4H8O.C2H3N.C2H6S.CH3ClO2S.CH4.B/c2*17-16(18)7-4-12(5-8-16)11-21-14-3-1-2-13(10-14)15(20)6-9-19;15-14(16)6-4-11(5-7-14)10-18-13-3-1-2-12(8-13)9-17;1-14(11,12)13-6-7-2-4-8(9,10)5-3-7;8-7(9)3-1-6(5-10)2-4-7;8-5-6-2-1-3-7(9)4-6;1-2-4-5-3-1;1-2-3;1-3-2;1-5(2,3)4;;/h1-3,10,12,15,20H,4-9,11,19H2;1-3,10,12,15,20H,4-8,11H2;1-3,8-9,11H,4-7,10H2;7H,2-6H2,1H3;6,10H,1-5H2;1-5,9H;1-4H2;1H3;1-2H3;1H3;1H4;. The SMILES string of the molecule is C.C1CCOC1.CC#N.CS(=O)(=O)Cl.CS(=O)(=O)OCC1CCC(F)(F)CC1.CSC.N#CCC(O)c1cccc(OCC2CCC(F)(F)CC2)c1.NCCC(O)c1cccc(OCC2CCC(F)(F)CC2)c1.O=Cc1cccc(O)c1.O=Cc1cccc(OCC2CCC(F)(F)CC2)c1.OCC1CCC(F)(F)CC1.[B]. The molecule has 111 heavy (non-hydrogen) atoms. The average Bonchev–Trinajstić information content (AvgIpc) is 1.23. The molecule has 0 bridgehead atoms. The van der Waals surface area contributed by atoms with Gasteiger partial charge in [-0.25, -0.2) is 52.3 Å². The zero-order valence-corrected chi connectivity index (χ0v) is 66.5. The van der Waals surface area contributed by atoms with E-state index in [1.165, 1.54) is 31.9 Å². The number of ether oxygens (including phenoxy) is 4. The summed E-state index contributed by atoms with van der Waals surface area (Å²) in [4.78, 5) is 20.6. The topological polar surface area (TPSA) is 303 Å². The summed E-state index contributed by atoms with van der Waals surface area (Å²) in [5, 5.41) is 53.0. The fraction of sp³-hybridized carbons (Fsp3) is 0.641. The van der Waals surface area contributed by atoms with E-state index in [1.807, 2.05) is 36.8 Å². The molecule has 6 fully saturated rings. The smallest absolute Gasteiger partial charge is 0.264 e. The molecule has 10 rings (SSSR count). The van der Waals surface area contributed by atoms with Crippen molar-refractivity contribution in [3.63, 3.8) is 0 Å². The maximum Gasteiger partial charge on any atom is 0.264 e. The minimum Gasteiger partial charge on any atom is -0.508 e. The Labute approximate surface area is 661 Å². The molecule has 4 aromatic carbocycles. The summed E-state index contributed by atoms with van der Waals surface area (Å²) in [7, 11) is -2.13. The first kappa shape index (κ1) is 107. The lowest BCUT2D eigenvalue weighted by atomic mass is 9.87. The minimum atomic E-state index is -3.44. The van der Waals surface area contributed by atoms with Crippen molar-refractivity contribution in [3.8, 4) is 35.1 Å². The Hall–Kier alpha value is -5.94. The number of nitrogens with two attached hydrogens (primary N) is 1. The second-order valence-electron chi connectivity index (χ2n) is 27.3. The van der Waals surface area contributed by atoms with Crippen LogP contribution >= 0.6 is 22.4 Å². The van der Waals surface area contributed by atoms with Gasteiger partial charge in [0.25, 0.3) is 10.1 Å². The van der Waals surface area contributed by atoms with Crippen molar-refractivity contribution >= 4 is 62.6 Å². The normalized spacial score (nSPS) is 18.6. The first-order valence-electron chi connectivity index (χ1n) is 36.0. The van der Waals surface area contributed by atoms with Gasteiger partial charge < -0.3 is 45.1 Å². The quantitative estimate of drug-likeness (QED) is 0.0180. The van der Waals surface area contributed by atoms with Crippen LogP contribution in [0, 0.1) is 52.3 Å². The molecular formula is C78H114BClF10N3O15S3. The van der Waals surface area contributed by atoms with E-state index in [0.717, 1.165) is 37.6 Å². The molecule has 6 aliphatic rings. The lowest BCUT2D eigenvalue weighted by Gasteiger charge is -2.28. The highest BCUT2D eigenvalue weighted by molar-refractivity contribution is 8.13. The summed E-state index contributed by atoms with van der Waals surface area (Å²) in [5.74, 6) is -9.92. The summed E-state index contributed by atoms with van der Waals surface area (Å²) < 4.78 is 195. The van der Waals surface area contributed by atoms with Crippen molar-refractivity contribution in [2.75, 3.05) is 77.8 Å². The zero-order chi connectivity index (χ0) is 82.2. The number of hydrogen-bond acceptors (Lipinski definition) is 19.